The first-order valence-electron chi connectivity index (χ1n) is 19.2. The number of rotatable bonds is 8. The van der Waals surface area contributed by atoms with Crippen LogP contribution in [-0.4, -0.2) is 59.4 Å². The molecular weight excluding hydrogens is 1070 g/mol. The molecule has 1 saturated heterocycles. The van der Waals surface area contributed by atoms with Crippen molar-refractivity contribution in [3.63, 3.8) is 0 Å². The van der Waals surface area contributed by atoms with Gasteiger partial charge in [-0.3, -0.25) is 14.1 Å². The predicted octanol–water partition coefficient (Wildman–Crippen LogP) is 12.8. The Hall–Kier alpha value is -5.17. The van der Waals surface area contributed by atoms with E-state index < -0.39 is 29.1 Å². The van der Waals surface area contributed by atoms with Gasteiger partial charge < -0.3 is 16.2 Å². The molecule has 1 aliphatic heterocycles. The third-order valence-electron chi connectivity index (χ3n) is 7.88. The number of nitrogens with two attached hydrogens (primary N) is 2. The van der Waals surface area contributed by atoms with Crippen LogP contribution >= 0.6 is 57.2 Å². The largest absolute Gasteiger partial charge is 0.399 e. The Morgan fingerprint density at radius 3 is 1.14 bits per heavy atom. The molecule has 6 aromatic carbocycles. The van der Waals surface area contributed by atoms with Gasteiger partial charge in [0, 0.05) is 80.1 Å². The fraction of sp³-hybridized carbons (Fsp3) is 0.156. The summed E-state index contributed by atoms with van der Waals surface area (Å²) in [7, 11) is -5.84. The summed E-state index contributed by atoms with van der Waals surface area (Å²) in [5.74, 6) is 0. The quantitative estimate of drug-likeness (QED) is 0.0493. The zero-order valence-corrected chi connectivity index (χ0v) is 43.5. The molecule has 0 saturated carbocycles. The van der Waals surface area contributed by atoms with E-state index in [4.69, 9.17) is 84.0 Å². The lowest BCUT2D eigenvalue weighted by Crippen LogP contribution is -2.13. The summed E-state index contributed by atoms with van der Waals surface area (Å²) in [6, 6.07) is 37.4. The van der Waals surface area contributed by atoms with E-state index in [9.17, 15) is 25.3 Å². The second kappa shape index (κ2) is 35.9. The molecule has 7 rings (SSSR count). The van der Waals surface area contributed by atoms with E-state index >= 15 is 0 Å². The lowest BCUT2D eigenvalue weighted by molar-refractivity contribution is 0.108. The maximum absolute atomic E-state index is 12.1. The third kappa shape index (κ3) is 27.3. The Balaban J connectivity index is 0. The highest BCUT2D eigenvalue weighted by Crippen LogP contribution is 2.22. The molecule has 6 aromatic rings. The summed E-state index contributed by atoms with van der Waals surface area (Å²) in [5.41, 5.74) is 14.1. The number of nitrogens with one attached hydrogen (secondary N) is 2. The molecule has 0 amide bonds. The van der Waals surface area contributed by atoms with E-state index in [-0.39, 0.29) is 27.8 Å². The molecule has 375 valence electrons. The molecule has 0 unspecified atom stereocenters. The highest BCUT2D eigenvalue weighted by atomic mass is 35.7. The molecular formula is C45H47BCl4F3N6O7S4. The lowest BCUT2D eigenvalue weighted by atomic mass is 10.2. The molecule has 1 aliphatic rings. The molecule has 0 aromatic heterocycles. The predicted molar refractivity (Wildman–Crippen MR) is 283 cm³/mol. The van der Waals surface area contributed by atoms with Gasteiger partial charge in [0.15, 0.2) is 11.4 Å². The maximum Gasteiger partial charge on any atom is 0.261 e. The van der Waals surface area contributed by atoms with E-state index in [1.54, 1.807) is 96.7 Å². The topological polar surface area (TPSA) is 196 Å². The van der Waals surface area contributed by atoms with Gasteiger partial charge in [-0.1, -0.05) is 95.5 Å². The van der Waals surface area contributed by atoms with Gasteiger partial charge in [0.05, 0.1) is 27.8 Å². The Bertz CT molecular complexity index is 2790. The summed E-state index contributed by atoms with van der Waals surface area (Å²) in [5, 5.41) is 1.80. The molecule has 1 fully saturated rings. The summed E-state index contributed by atoms with van der Waals surface area (Å²) < 4.78 is 95.7. The molecule has 0 bridgehead atoms. The van der Waals surface area contributed by atoms with Crippen molar-refractivity contribution in [2.75, 3.05) is 40.9 Å². The van der Waals surface area contributed by atoms with Crippen LogP contribution in [0.25, 0.3) is 9.69 Å². The Kier molecular flexibility index (Phi) is 34.3. The van der Waals surface area contributed by atoms with Crippen molar-refractivity contribution in [1.82, 2.24) is 0 Å². The Labute approximate surface area is 433 Å². The lowest BCUT2D eigenvalue weighted by Gasteiger charge is -2.08. The Morgan fingerprint density at radius 1 is 0.586 bits per heavy atom. The number of halogens is 7. The highest BCUT2D eigenvalue weighted by molar-refractivity contribution is 8.13. The van der Waals surface area contributed by atoms with E-state index in [2.05, 4.69) is 19.1 Å². The first-order valence-corrected chi connectivity index (χ1v) is 27.2. The van der Waals surface area contributed by atoms with Crippen molar-refractivity contribution in [3.8, 4) is 0 Å². The smallest absolute Gasteiger partial charge is 0.261 e. The first kappa shape index (κ1) is 66.9. The van der Waals surface area contributed by atoms with Crippen LogP contribution in [-0.2, 0) is 40.4 Å². The van der Waals surface area contributed by atoms with Crippen LogP contribution in [0.5, 0.6) is 0 Å². The van der Waals surface area contributed by atoms with Crippen molar-refractivity contribution in [2.24, 2.45) is 5.73 Å². The number of sulfonamides is 2. The minimum Gasteiger partial charge on any atom is -0.399 e. The Morgan fingerprint density at radius 2 is 0.886 bits per heavy atom. The molecule has 0 spiro atoms. The zero-order valence-electron chi connectivity index (χ0n) is 37.2. The van der Waals surface area contributed by atoms with Gasteiger partial charge in [0.1, 0.15) is 0 Å². The SMILES string of the molecule is C1CCOC1.CSC.F.FF.NCc1ccc(S(=O)(=O)Nc2ccc(Cl)cc2)cc1.Nc1ccc(Cl)cc1.[B].[C-]#[N+]c1ccc(S(=O)(=O)Cl)cc1.[C-]#[N+]c1ccc(S(=O)(=O)Nc2ccc(Cl)cc2)cc1. The highest BCUT2D eigenvalue weighted by Gasteiger charge is 2.15. The maximum atomic E-state index is 12.1. The standard InChI is InChI=1S/C13H13ClN2O2S.C13H9ClN2O2S.C7H4ClNO2S.C6H6ClN.C4H8O.C2H6S.B.F2.FH/c14-11-3-5-12(6-4-11)16-19(17,18)13-7-1-10(9-15)2-8-13;1-15-11-6-8-13(9-7-11)19(17,18)16-12-4-2-10(14)3-5-12;1-9-6-2-4-7(5-3-6)12(8,10)11;7-5-1-3-6(8)4-2-5;1-2-4-5-3-1;1-3-2;;1-2;/h1-8,16H,9,15H2;2-9,16H;2-5H;1-4H,8H2;1-4H2;1-2H3;;;1H. The van der Waals surface area contributed by atoms with Crippen molar-refractivity contribution >= 4 is 123 Å². The van der Waals surface area contributed by atoms with Crippen LogP contribution in [0, 0.1) is 13.1 Å². The van der Waals surface area contributed by atoms with Gasteiger partial charge in [0.25, 0.3) is 29.1 Å². The van der Waals surface area contributed by atoms with Gasteiger partial charge in [-0.05, 0) is 116 Å². The molecule has 3 radical (unpaired) electrons. The summed E-state index contributed by atoms with van der Waals surface area (Å²) >= 11 is 18.8. The molecule has 1 heterocycles. The van der Waals surface area contributed by atoms with Crippen LogP contribution in [0.2, 0.25) is 15.1 Å². The number of thioether (sulfide) groups is 1. The minimum absolute atomic E-state index is 0. The number of nitrogen functional groups attached to an aromatic ring is 1. The molecule has 0 aliphatic carbocycles. The van der Waals surface area contributed by atoms with Gasteiger partial charge >= 0.3 is 0 Å². The average Bonchev–Trinajstić information content (AvgIpc) is 3.94. The van der Waals surface area contributed by atoms with Crippen molar-refractivity contribution in [3.05, 3.63) is 189 Å². The molecule has 70 heavy (non-hydrogen) atoms. The van der Waals surface area contributed by atoms with E-state index in [1.807, 2.05) is 12.5 Å². The molecule has 6 N–H and O–H groups in total. The number of ether oxygens (including phenoxy) is 1. The molecule has 0 atom stereocenters. The van der Waals surface area contributed by atoms with Crippen LogP contribution in [0.15, 0.2) is 160 Å². The van der Waals surface area contributed by atoms with E-state index in [0.29, 0.717) is 39.3 Å². The van der Waals surface area contributed by atoms with Gasteiger partial charge in [-0.15, -0.1) is 0 Å². The second-order valence-corrected chi connectivity index (χ2v) is 21.1. The van der Waals surface area contributed by atoms with Crippen LogP contribution < -0.4 is 20.9 Å². The number of hydrogen-bond acceptors (Lipinski definition) is 10. The van der Waals surface area contributed by atoms with Crippen LogP contribution in [0.1, 0.15) is 18.4 Å². The fourth-order valence-electron chi connectivity index (χ4n) is 4.62. The first-order chi connectivity index (χ1) is 32.3. The summed E-state index contributed by atoms with van der Waals surface area (Å²) in [6.07, 6.45) is 6.64. The van der Waals surface area contributed by atoms with E-state index in [1.165, 1.54) is 73.5 Å². The number of nitrogens with zero attached hydrogens (tertiary/aromatic N) is 2. The molecule has 13 nitrogen and oxygen atoms in total. The van der Waals surface area contributed by atoms with Crippen molar-refractivity contribution in [2.45, 2.75) is 34.1 Å². The van der Waals surface area contributed by atoms with Crippen LogP contribution in [0.3, 0.4) is 0 Å². The average molecular weight is 1120 g/mol. The normalized spacial score (nSPS) is 10.9. The fourth-order valence-corrected chi connectivity index (χ4v) is 7.89. The number of hydrogen-bond donors (Lipinski definition) is 4. The van der Waals surface area contributed by atoms with Gasteiger partial charge in [-0.2, -0.15) is 11.8 Å². The monoisotopic (exact) mass is 1120 g/mol. The summed E-state index contributed by atoms with van der Waals surface area (Å²) in [4.78, 5) is 6.62. The van der Waals surface area contributed by atoms with Crippen molar-refractivity contribution < 1.29 is 43.8 Å². The van der Waals surface area contributed by atoms with Crippen molar-refractivity contribution in [1.29, 1.82) is 0 Å². The van der Waals surface area contributed by atoms with Crippen LogP contribution in [0.4, 0.5) is 42.3 Å². The molecule has 25 heteroatoms. The van der Waals surface area contributed by atoms with E-state index in [0.717, 1.165) is 29.5 Å². The number of anilines is 3. The summed E-state index contributed by atoms with van der Waals surface area (Å²) in [6.45, 7) is 15.8. The number of benzene rings is 6. The van der Waals surface area contributed by atoms with Gasteiger partial charge in [-0.25, -0.2) is 34.9 Å². The second-order valence-electron chi connectivity index (χ2n) is 13.0. The zero-order chi connectivity index (χ0) is 51.2. The minimum atomic E-state index is -3.66. The third-order valence-corrected chi connectivity index (χ3v) is 12.8. The van der Waals surface area contributed by atoms with Gasteiger partial charge in [0.2, 0.25) is 0 Å².